The highest BCUT2D eigenvalue weighted by Gasteiger charge is 2.25. The van der Waals surface area contributed by atoms with E-state index in [1.807, 2.05) is 0 Å². The number of hydrogen-bond acceptors (Lipinski definition) is 4. The van der Waals surface area contributed by atoms with Gasteiger partial charge < -0.3 is 14.9 Å². The fraction of sp³-hybridized carbons (Fsp3) is 0.571. The van der Waals surface area contributed by atoms with E-state index in [4.69, 9.17) is 10.0 Å². The Labute approximate surface area is 120 Å². The Bertz CT molecular complexity index is 457. The minimum Gasteiger partial charge on any atom is -0.423 e. The molecule has 1 fully saturated rings. The van der Waals surface area contributed by atoms with Crippen molar-refractivity contribution in [1.82, 2.24) is 9.80 Å². The number of benzene rings is 1. The second-order valence-corrected chi connectivity index (χ2v) is 5.76. The Morgan fingerprint density at radius 3 is 2.80 bits per heavy atom. The number of rotatable bonds is 5. The van der Waals surface area contributed by atoms with Crippen molar-refractivity contribution in [3.8, 4) is 0 Å². The summed E-state index contributed by atoms with van der Waals surface area (Å²) in [6, 6.07) is 5.08. The van der Waals surface area contributed by atoms with E-state index in [0.717, 1.165) is 25.2 Å². The third-order valence-electron chi connectivity index (χ3n) is 3.80. The number of likely N-dealkylation sites (N-methyl/N-ethyl adjacent to an activating group) is 1. The van der Waals surface area contributed by atoms with Crippen molar-refractivity contribution in [2.75, 3.05) is 27.2 Å². The van der Waals surface area contributed by atoms with E-state index in [9.17, 15) is 4.39 Å². The Balaban J connectivity index is 2.07. The predicted octanol–water partition coefficient (Wildman–Crippen LogP) is 0.0315. The second-order valence-electron chi connectivity index (χ2n) is 5.76. The van der Waals surface area contributed by atoms with Gasteiger partial charge in [0.1, 0.15) is 5.82 Å². The van der Waals surface area contributed by atoms with Crippen molar-refractivity contribution in [3.63, 3.8) is 0 Å². The van der Waals surface area contributed by atoms with Crippen molar-refractivity contribution in [2.45, 2.75) is 25.4 Å². The topological polar surface area (TPSA) is 46.9 Å². The van der Waals surface area contributed by atoms with E-state index in [2.05, 4.69) is 23.9 Å². The zero-order valence-corrected chi connectivity index (χ0v) is 12.1. The van der Waals surface area contributed by atoms with E-state index >= 15 is 0 Å². The van der Waals surface area contributed by atoms with Gasteiger partial charge in [0.25, 0.3) is 0 Å². The summed E-state index contributed by atoms with van der Waals surface area (Å²) < 4.78 is 13.4. The summed E-state index contributed by atoms with van der Waals surface area (Å²) in [6.07, 6.45) is 2.35. The minimum atomic E-state index is -1.76. The van der Waals surface area contributed by atoms with Gasteiger partial charge in [0.05, 0.1) is 0 Å². The monoisotopic (exact) mass is 280 g/mol. The van der Waals surface area contributed by atoms with Crippen molar-refractivity contribution >= 4 is 12.6 Å². The van der Waals surface area contributed by atoms with Gasteiger partial charge in [-0.15, -0.1) is 0 Å². The van der Waals surface area contributed by atoms with Crippen LogP contribution in [0, 0.1) is 5.82 Å². The first-order valence-electron chi connectivity index (χ1n) is 7.00. The van der Waals surface area contributed by atoms with Crippen LogP contribution in [0.2, 0.25) is 0 Å². The smallest absolute Gasteiger partial charge is 0.423 e. The lowest BCUT2D eigenvalue weighted by Crippen LogP contribution is -2.38. The van der Waals surface area contributed by atoms with Gasteiger partial charge in [-0.25, -0.2) is 4.39 Å². The van der Waals surface area contributed by atoms with Crippen molar-refractivity contribution in [2.24, 2.45) is 0 Å². The van der Waals surface area contributed by atoms with Gasteiger partial charge in [0, 0.05) is 24.6 Å². The van der Waals surface area contributed by atoms with Crippen LogP contribution >= 0.6 is 0 Å². The van der Waals surface area contributed by atoms with Gasteiger partial charge in [0.15, 0.2) is 0 Å². The molecule has 0 bridgehead atoms. The van der Waals surface area contributed by atoms with Crippen LogP contribution in [0.4, 0.5) is 4.39 Å². The van der Waals surface area contributed by atoms with Crippen LogP contribution < -0.4 is 5.46 Å². The SMILES string of the molecule is CN(C)CC1CCCN1Cc1ccc(F)c(B(O)O)c1. The largest absolute Gasteiger partial charge is 0.491 e. The van der Waals surface area contributed by atoms with E-state index in [1.54, 1.807) is 12.1 Å². The molecule has 0 aromatic heterocycles. The van der Waals surface area contributed by atoms with E-state index < -0.39 is 12.9 Å². The lowest BCUT2D eigenvalue weighted by atomic mass is 9.79. The van der Waals surface area contributed by atoms with Crippen LogP contribution in [0.3, 0.4) is 0 Å². The summed E-state index contributed by atoms with van der Waals surface area (Å²) in [5, 5.41) is 18.3. The molecule has 4 nitrogen and oxygen atoms in total. The highest BCUT2D eigenvalue weighted by Crippen LogP contribution is 2.20. The van der Waals surface area contributed by atoms with Gasteiger partial charge in [-0.05, 0) is 45.1 Å². The minimum absolute atomic E-state index is 0.0501. The van der Waals surface area contributed by atoms with E-state index in [-0.39, 0.29) is 5.46 Å². The molecule has 2 N–H and O–H groups in total. The van der Waals surface area contributed by atoms with Crippen LogP contribution in [0.1, 0.15) is 18.4 Å². The molecule has 1 saturated heterocycles. The summed E-state index contributed by atoms with van der Waals surface area (Å²) in [4.78, 5) is 4.55. The maximum atomic E-state index is 13.4. The van der Waals surface area contributed by atoms with Gasteiger partial charge in [-0.2, -0.15) is 0 Å². The van der Waals surface area contributed by atoms with Crippen LogP contribution in [0.25, 0.3) is 0 Å². The van der Waals surface area contributed by atoms with E-state index in [0.29, 0.717) is 6.04 Å². The van der Waals surface area contributed by atoms with Gasteiger partial charge >= 0.3 is 7.12 Å². The maximum absolute atomic E-state index is 13.4. The molecule has 110 valence electrons. The van der Waals surface area contributed by atoms with Crippen molar-refractivity contribution < 1.29 is 14.4 Å². The fourth-order valence-corrected chi connectivity index (χ4v) is 2.86. The van der Waals surface area contributed by atoms with Crippen molar-refractivity contribution in [1.29, 1.82) is 0 Å². The molecular formula is C14H22BFN2O2. The van der Waals surface area contributed by atoms with Crippen LogP contribution in [0.5, 0.6) is 0 Å². The first-order valence-corrected chi connectivity index (χ1v) is 7.00. The summed E-state index contributed by atoms with van der Waals surface area (Å²) >= 11 is 0. The molecule has 1 aromatic rings. The molecule has 1 unspecified atom stereocenters. The number of nitrogens with zero attached hydrogens (tertiary/aromatic N) is 2. The van der Waals surface area contributed by atoms with E-state index in [1.165, 1.54) is 18.9 Å². The number of likely N-dealkylation sites (tertiary alicyclic amines) is 1. The molecule has 20 heavy (non-hydrogen) atoms. The zero-order valence-electron chi connectivity index (χ0n) is 12.1. The molecule has 0 spiro atoms. The first-order chi connectivity index (χ1) is 9.47. The van der Waals surface area contributed by atoms with Crippen LogP contribution in [-0.4, -0.2) is 60.2 Å². The maximum Gasteiger partial charge on any atom is 0.491 e. The molecular weight excluding hydrogens is 258 g/mol. The normalized spacial score (nSPS) is 19.8. The number of hydrogen-bond donors (Lipinski definition) is 2. The lowest BCUT2D eigenvalue weighted by Gasteiger charge is -2.27. The van der Waals surface area contributed by atoms with Crippen LogP contribution in [-0.2, 0) is 6.54 Å². The molecule has 1 atom stereocenters. The molecule has 0 saturated carbocycles. The molecule has 1 aliphatic heterocycles. The Hall–Kier alpha value is -0.945. The van der Waals surface area contributed by atoms with Crippen LogP contribution in [0.15, 0.2) is 18.2 Å². The Morgan fingerprint density at radius 1 is 1.40 bits per heavy atom. The molecule has 6 heteroatoms. The molecule has 0 radical (unpaired) electrons. The van der Waals surface area contributed by atoms with Crippen molar-refractivity contribution in [3.05, 3.63) is 29.6 Å². The standard InChI is InChI=1S/C14H22BFN2O2/c1-17(2)10-12-4-3-7-18(12)9-11-5-6-14(16)13(8-11)15(19)20/h5-6,8,12,19-20H,3-4,7,9-10H2,1-2H3. The molecule has 1 aliphatic rings. The second kappa shape index (κ2) is 6.67. The third-order valence-corrected chi connectivity index (χ3v) is 3.80. The fourth-order valence-electron chi connectivity index (χ4n) is 2.86. The molecule has 2 rings (SSSR count). The number of halogens is 1. The summed E-state index contributed by atoms with van der Waals surface area (Å²) in [5.74, 6) is -0.574. The Kier molecular flexibility index (Phi) is 5.15. The first kappa shape index (κ1) is 15.4. The Morgan fingerprint density at radius 2 is 2.15 bits per heavy atom. The molecule has 1 heterocycles. The highest BCUT2D eigenvalue weighted by molar-refractivity contribution is 6.58. The third kappa shape index (κ3) is 3.79. The molecule has 0 amide bonds. The van der Waals surface area contributed by atoms with Gasteiger partial charge in [0.2, 0.25) is 0 Å². The lowest BCUT2D eigenvalue weighted by molar-refractivity contribution is 0.201. The average Bonchev–Trinajstić information content (AvgIpc) is 2.78. The predicted molar refractivity (Wildman–Crippen MR) is 78.2 cm³/mol. The summed E-state index contributed by atoms with van der Waals surface area (Å²) in [6.45, 7) is 2.77. The van der Waals surface area contributed by atoms with Gasteiger partial charge in [-0.1, -0.05) is 12.1 Å². The summed E-state index contributed by atoms with van der Waals surface area (Å²) in [7, 11) is 2.37. The van der Waals surface area contributed by atoms with Gasteiger partial charge in [-0.3, -0.25) is 4.90 Å². The quantitative estimate of drug-likeness (QED) is 0.747. The zero-order chi connectivity index (χ0) is 14.7. The molecule has 0 aliphatic carbocycles. The molecule has 1 aromatic carbocycles. The highest BCUT2D eigenvalue weighted by atomic mass is 19.1. The summed E-state index contributed by atoms with van der Waals surface area (Å²) in [5.41, 5.74) is 0.867. The average molecular weight is 280 g/mol.